The molecular weight excluding hydrogens is 861 g/mol. The number of nitrogens with zero attached hydrogens (tertiary/aromatic N) is 7. The van der Waals surface area contributed by atoms with Crippen LogP contribution in [0.2, 0.25) is 0 Å². The van der Waals surface area contributed by atoms with Crippen LogP contribution in [0.15, 0.2) is 248 Å². The molecule has 3 aromatic heterocycles. The van der Waals surface area contributed by atoms with Gasteiger partial charge in [-0.2, -0.15) is 0 Å². The number of nitrogens with two attached hydrogens (primary N) is 1. The average molecular weight is 905 g/mol. The lowest BCUT2D eigenvalue weighted by Crippen LogP contribution is -2.16. The quantitative estimate of drug-likeness (QED) is 0.115. The molecule has 0 aliphatic rings. The van der Waals surface area contributed by atoms with Gasteiger partial charge in [-0.1, -0.05) is 158 Å². The smallest absolute Gasteiger partial charge is 0.161 e. The fourth-order valence-corrected chi connectivity index (χ4v) is 9.58. The molecule has 0 bridgehead atoms. The molecule has 334 valence electrons. The Kier molecular flexibility index (Phi) is 10.8. The van der Waals surface area contributed by atoms with E-state index in [1.54, 1.807) is 0 Å². The first-order chi connectivity index (χ1) is 34.6. The number of hydrogen-bond acceptors (Lipinski definition) is 3. The molecule has 9 aromatic carbocycles. The largest absolute Gasteiger partial charge is 0.456 e. The highest BCUT2D eigenvalue weighted by Gasteiger charge is 2.21. The molecule has 0 radical (unpaired) electrons. The molecule has 0 saturated heterocycles. The van der Waals surface area contributed by atoms with Crippen molar-refractivity contribution in [1.82, 2.24) is 9.13 Å². The molecule has 0 saturated carbocycles. The van der Waals surface area contributed by atoms with E-state index in [0.29, 0.717) is 36.6 Å². The van der Waals surface area contributed by atoms with Crippen molar-refractivity contribution in [3.8, 4) is 5.69 Å². The Morgan fingerprint density at radius 2 is 1.04 bits per heavy atom. The Morgan fingerprint density at radius 1 is 0.457 bits per heavy atom. The van der Waals surface area contributed by atoms with Crippen LogP contribution in [-0.2, 0) is 13.2 Å². The summed E-state index contributed by atoms with van der Waals surface area (Å²) in [4.78, 5) is 24.8. The van der Waals surface area contributed by atoms with Gasteiger partial charge in [0.2, 0.25) is 0 Å². The zero-order valence-corrected chi connectivity index (χ0v) is 38.0. The molecular formula is C61H44N8O. The predicted octanol–water partition coefficient (Wildman–Crippen LogP) is 13.7. The average Bonchev–Trinajstić information content (AvgIpc) is 4.08. The van der Waals surface area contributed by atoms with Gasteiger partial charge in [-0.05, 0) is 72.9 Å². The highest BCUT2D eigenvalue weighted by molar-refractivity contribution is 6.26. The first-order valence-electron chi connectivity index (χ1n) is 23.2. The Bertz CT molecular complexity index is 4070. The van der Waals surface area contributed by atoms with E-state index in [4.69, 9.17) is 30.1 Å². The highest BCUT2D eigenvalue weighted by atomic mass is 16.3. The predicted molar refractivity (Wildman–Crippen MR) is 290 cm³/mol. The Hall–Kier alpha value is -9.47. The van der Waals surface area contributed by atoms with Gasteiger partial charge in [0.15, 0.2) is 17.5 Å². The van der Waals surface area contributed by atoms with Crippen LogP contribution in [0, 0.1) is 0 Å². The standard InChI is InChI=1S/C61H44N8O/c1-63-59(44-31-34-48-47-24-13-16-28-54(47)70-55(48)37-44)67-60(64-38-40-17-5-2-6-18-40)43-29-32-45(33-30-43)69-52-27-15-12-25-50(52)56-53(69)36-35-49-46-23-11-14-26-51(46)68(57(49)56)39-65-61(42-21-9-4-10-22-42)66-58(62)41-19-7-3-8-20-41/h2-37H,1,38-39H2,(H2,62,65,66). The second kappa shape index (κ2) is 18.0. The van der Waals surface area contributed by atoms with Crippen molar-refractivity contribution >= 4 is 95.6 Å². The molecule has 3 heterocycles. The van der Waals surface area contributed by atoms with Gasteiger partial charge < -0.3 is 19.3 Å². The highest BCUT2D eigenvalue weighted by Crippen LogP contribution is 2.41. The lowest BCUT2D eigenvalue weighted by molar-refractivity contribution is 0.669. The molecule has 0 atom stereocenters. The summed E-state index contributed by atoms with van der Waals surface area (Å²) in [7, 11) is 0. The summed E-state index contributed by atoms with van der Waals surface area (Å²) in [6.45, 7) is 4.69. The fourth-order valence-electron chi connectivity index (χ4n) is 9.58. The summed E-state index contributed by atoms with van der Waals surface area (Å²) in [6, 6.07) is 74.2. The van der Waals surface area contributed by atoms with Crippen LogP contribution >= 0.6 is 0 Å². The summed E-state index contributed by atoms with van der Waals surface area (Å²) in [5, 5.41) is 6.66. The van der Waals surface area contributed by atoms with Crippen molar-refractivity contribution in [2.75, 3.05) is 0 Å². The van der Waals surface area contributed by atoms with Crippen LogP contribution in [0.25, 0.3) is 71.2 Å². The van der Waals surface area contributed by atoms with E-state index in [1.165, 1.54) is 0 Å². The van der Waals surface area contributed by atoms with Gasteiger partial charge in [-0.25, -0.2) is 20.0 Å². The second-order valence-corrected chi connectivity index (χ2v) is 17.1. The maximum atomic E-state index is 6.64. The van der Waals surface area contributed by atoms with Crippen LogP contribution in [0.4, 0.5) is 0 Å². The number of aromatic nitrogens is 2. The van der Waals surface area contributed by atoms with Gasteiger partial charge in [0.25, 0.3) is 0 Å². The zero-order chi connectivity index (χ0) is 47.0. The van der Waals surface area contributed by atoms with Gasteiger partial charge in [0.05, 0.1) is 28.6 Å². The van der Waals surface area contributed by atoms with Crippen molar-refractivity contribution in [3.63, 3.8) is 0 Å². The summed E-state index contributed by atoms with van der Waals surface area (Å²) in [5.74, 6) is 1.96. The Labute approximate surface area is 403 Å². The third-order valence-electron chi connectivity index (χ3n) is 12.9. The first kappa shape index (κ1) is 41.9. The van der Waals surface area contributed by atoms with Crippen molar-refractivity contribution in [2.24, 2.45) is 30.7 Å². The lowest BCUT2D eigenvalue weighted by Gasteiger charge is -2.11. The fraction of sp³-hybridized carbons (Fsp3) is 0.0328. The molecule has 2 N–H and O–H groups in total. The molecule has 12 aromatic rings. The molecule has 0 spiro atoms. The van der Waals surface area contributed by atoms with E-state index in [9.17, 15) is 0 Å². The van der Waals surface area contributed by atoms with E-state index < -0.39 is 0 Å². The topological polar surface area (TPSA) is 111 Å². The first-order valence-corrected chi connectivity index (χ1v) is 23.2. The number of rotatable bonds is 9. The molecule has 0 unspecified atom stereocenters. The van der Waals surface area contributed by atoms with Crippen molar-refractivity contribution < 1.29 is 4.42 Å². The second-order valence-electron chi connectivity index (χ2n) is 17.1. The molecule has 9 nitrogen and oxygen atoms in total. The summed E-state index contributed by atoms with van der Waals surface area (Å²) >= 11 is 0. The monoisotopic (exact) mass is 904 g/mol. The van der Waals surface area contributed by atoms with E-state index >= 15 is 0 Å². The molecule has 0 aliphatic carbocycles. The molecule has 0 fully saturated rings. The minimum absolute atomic E-state index is 0.312. The number of hydrogen-bond donors (Lipinski definition) is 1. The van der Waals surface area contributed by atoms with Gasteiger partial charge in [-0.3, -0.25) is 4.99 Å². The van der Waals surface area contributed by atoms with Crippen molar-refractivity contribution in [1.29, 1.82) is 0 Å². The summed E-state index contributed by atoms with van der Waals surface area (Å²) < 4.78 is 10.9. The van der Waals surface area contributed by atoms with Gasteiger partial charge >= 0.3 is 0 Å². The third kappa shape index (κ3) is 7.61. The Morgan fingerprint density at radius 3 is 1.80 bits per heavy atom. The minimum atomic E-state index is 0.312. The zero-order valence-electron chi connectivity index (χ0n) is 38.0. The van der Waals surface area contributed by atoms with Gasteiger partial charge in [0.1, 0.15) is 23.7 Å². The van der Waals surface area contributed by atoms with Crippen LogP contribution in [0.1, 0.15) is 27.8 Å². The van der Waals surface area contributed by atoms with Crippen LogP contribution < -0.4 is 5.73 Å². The maximum absolute atomic E-state index is 6.64. The van der Waals surface area contributed by atoms with Gasteiger partial charge in [-0.15, -0.1) is 0 Å². The number of furan rings is 1. The number of para-hydroxylation sites is 3. The molecule has 0 aliphatic heterocycles. The maximum Gasteiger partial charge on any atom is 0.161 e. The SMILES string of the molecule is C=NC(=NC(=NCc1ccccc1)c1ccc(-n2c3ccccc3c3c4c(ccc32)c2ccccc2n4CN=C(N=C(N)c2ccccc2)c2ccccc2)cc1)c1ccc2c(c1)oc1ccccc12. The summed E-state index contributed by atoms with van der Waals surface area (Å²) in [5.41, 5.74) is 18.0. The molecule has 70 heavy (non-hydrogen) atoms. The number of benzene rings is 9. The summed E-state index contributed by atoms with van der Waals surface area (Å²) in [6.07, 6.45) is 0. The van der Waals surface area contributed by atoms with E-state index in [1.807, 2.05) is 109 Å². The number of fused-ring (bicyclic) bond motifs is 10. The lowest BCUT2D eigenvalue weighted by atomic mass is 10.1. The van der Waals surface area contributed by atoms with E-state index in [-0.39, 0.29) is 0 Å². The number of amidine groups is 4. The van der Waals surface area contributed by atoms with Crippen LogP contribution in [-0.4, -0.2) is 39.2 Å². The molecule has 9 heteroatoms. The Balaban J connectivity index is 0.980. The van der Waals surface area contributed by atoms with E-state index in [2.05, 4.69) is 130 Å². The molecule has 0 amide bonds. The molecule has 12 rings (SSSR count). The van der Waals surface area contributed by atoms with Crippen LogP contribution in [0.3, 0.4) is 0 Å². The van der Waals surface area contributed by atoms with Crippen molar-refractivity contribution in [2.45, 2.75) is 13.2 Å². The van der Waals surface area contributed by atoms with Crippen LogP contribution in [0.5, 0.6) is 0 Å². The number of aliphatic imine (C=N–C) groups is 5. The van der Waals surface area contributed by atoms with E-state index in [0.717, 1.165) is 99.1 Å². The third-order valence-corrected chi connectivity index (χ3v) is 12.9. The van der Waals surface area contributed by atoms with Gasteiger partial charge in [0, 0.05) is 60.3 Å². The normalized spacial score (nSPS) is 12.9. The minimum Gasteiger partial charge on any atom is -0.456 e. The van der Waals surface area contributed by atoms with Crippen molar-refractivity contribution in [3.05, 3.63) is 246 Å².